The zero-order valence-corrected chi connectivity index (χ0v) is 21.4. The Balaban J connectivity index is 1.46. The van der Waals surface area contributed by atoms with E-state index in [0.29, 0.717) is 36.0 Å². The number of methoxy groups -OCH3 is 2. The molecule has 192 valence electrons. The van der Waals surface area contributed by atoms with Gasteiger partial charge in [-0.05, 0) is 54.6 Å². The number of carbonyl (C=O) groups is 2. The zero-order valence-electron chi connectivity index (χ0n) is 20.5. The van der Waals surface area contributed by atoms with Gasteiger partial charge in [-0.25, -0.2) is 0 Å². The summed E-state index contributed by atoms with van der Waals surface area (Å²) in [4.78, 5) is 30.0. The Hall–Kier alpha value is -3.51. The number of benzene rings is 1. The van der Waals surface area contributed by atoms with Crippen molar-refractivity contribution in [2.24, 2.45) is 0 Å². The van der Waals surface area contributed by atoms with E-state index in [9.17, 15) is 9.59 Å². The maximum atomic E-state index is 13.3. The summed E-state index contributed by atoms with van der Waals surface area (Å²) in [6.07, 6.45) is 1.94. The number of amides is 2. The number of aromatic nitrogens is 4. The van der Waals surface area contributed by atoms with Crippen LogP contribution in [0.4, 0.5) is 0 Å². The standard InChI is InChI=1S/C24H30N6O5S/c1-16(24(32)25-13-18-6-4-10-35-18)29(14-19-7-5-11-36-19)22(31)15-30-27-23(26-28-30)17-8-9-20(33-2)21(12-17)34-3/h5,7-9,11-12,16,18H,4,6,10,13-15H2,1-3H3,(H,25,32)/t16-,18-/m1/s1. The van der Waals surface area contributed by atoms with Gasteiger partial charge in [-0.15, -0.1) is 21.5 Å². The normalized spacial score (nSPS) is 15.9. The van der Waals surface area contributed by atoms with Crippen LogP contribution in [0.2, 0.25) is 0 Å². The molecule has 4 rings (SSSR count). The second-order valence-electron chi connectivity index (χ2n) is 8.37. The first kappa shape index (κ1) is 25.6. The van der Waals surface area contributed by atoms with Gasteiger partial charge in [-0.3, -0.25) is 9.59 Å². The molecule has 0 spiro atoms. The molecule has 1 aromatic carbocycles. The molecule has 3 heterocycles. The smallest absolute Gasteiger partial charge is 0.247 e. The van der Waals surface area contributed by atoms with E-state index in [2.05, 4.69) is 20.7 Å². The minimum absolute atomic E-state index is 0.0250. The van der Waals surface area contributed by atoms with E-state index in [1.165, 1.54) is 21.0 Å². The van der Waals surface area contributed by atoms with Crippen molar-refractivity contribution in [3.63, 3.8) is 0 Å². The van der Waals surface area contributed by atoms with Crippen molar-refractivity contribution in [1.29, 1.82) is 0 Å². The van der Waals surface area contributed by atoms with Gasteiger partial charge in [-0.2, -0.15) is 4.80 Å². The SMILES string of the molecule is COc1ccc(-c2nnn(CC(=O)N(Cc3cccs3)[C@H](C)C(=O)NC[C@H]3CCCO3)n2)cc1OC. The lowest BCUT2D eigenvalue weighted by molar-refractivity contribution is -0.141. The molecule has 0 aliphatic carbocycles. The molecule has 11 nitrogen and oxygen atoms in total. The van der Waals surface area contributed by atoms with Gasteiger partial charge in [0, 0.05) is 23.6 Å². The van der Waals surface area contributed by atoms with Crippen LogP contribution in [0.3, 0.4) is 0 Å². The quantitative estimate of drug-likeness (QED) is 0.413. The summed E-state index contributed by atoms with van der Waals surface area (Å²) < 4.78 is 16.2. The Labute approximate surface area is 213 Å². The van der Waals surface area contributed by atoms with Crippen molar-refractivity contribution in [3.05, 3.63) is 40.6 Å². The fourth-order valence-electron chi connectivity index (χ4n) is 3.93. The molecule has 0 radical (unpaired) electrons. The van der Waals surface area contributed by atoms with Crippen molar-refractivity contribution < 1.29 is 23.8 Å². The van der Waals surface area contributed by atoms with Crippen LogP contribution in [0.25, 0.3) is 11.4 Å². The van der Waals surface area contributed by atoms with Crippen molar-refractivity contribution in [1.82, 2.24) is 30.4 Å². The Bertz CT molecular complexity index is 1160. The first-order valence-electron chi connectivity index (χ1n) is 11.7. The third kappa shape index (κ3) is 6.18. The maximum absolute atomic E-state index is 13.3. The van der Waals surface area contributed by atoms with Crippen LogP contribution in [0.15, 0.2) is 35.7 Å². The van der Waals surface area contributed by atoms with Gasteiger partial charge >= 0.3 is 0 Å². The molecular formula is C24H30N6O5S. The van der Waals surface area contributed by atoms with Gasteiger partial charge in [0.05, 0.1) is 26.9 Å². The lowest BCUT2D eigenvalue weighted by atomic mass is 10.2. The van der Waals surface area contributed by atoms with Crippen LogP contribution in [0, 0.1) is 0 Å². The Morgan fingerprint density at radius 3 is 2.81 bits per heavy atom. The summed E-state index contributed by atoms with van der Waals surface area (Å²) >= 11 is 1.53. The molecule has 36 heavy (non-hydrogen) atoms. The minimum atomic E-state index is -0.685. The number of tetrazole rings is 1. The summed E-state index contributed by atoms with van der Waals surface area (Å²) in [5.41, 5.74) is 0.670. The highest BCUT2D eigenvalue weighted by molar-refractivity contribution is 7.09. The number of hydrogen-bond donors (Lipinski definition) is 1. The summed E-state index contributed by atoms with van der Waals surface area (Å²) in [6.45, 7) is 3.02. The fourth-order valence-corrected chi connectivity index (χ4v) is 4.64. The van der Waals surface area contributed by atoms with Crippen LogP contribution in [0.5, 0.6) is 11.5 Å². The molecule has 1 aliphatic heterocycles. The van der Waals surface area contributed by atoms with Crippen molar-refractivity contribution in [2.45, 2.75) is 45.0 Å². The predicted octanol–water partition coefficient (Wildman–Crippen LogP) is 2.13. The van der Waals surface area contributed by atoms with E-state index < -0.39 is 6.04 Å². The predicted molar refractivity (Wildman–Crippen MR) is 133 cm³/mol. The number of thiophene rings is 1. The molecule has 0 unspecified atom stereocenters. The molecule has 2 aromatic heterocycles. The third-order valence-corrected chi connectivity index (χ3v) is 6.83. The average Bonchev–Trinajstić information content (AvgIpc) is 3.68. The van der Waals surface area contributed by atoms with Crippen molar-refractivity contribution in [3.8, 4) is 22.9 Å². The van der Waals surface area contributed by atoms with E-state index >= 15 is 0 Å². The summed E-state index contributed by atoms with van der Waals surface area (Å²) in [5.74, 6) is 0.940. The summed E-state index contributed by atoms with van der Waals surface area (Å²) in [7, 11) is 3.11. The molecule has 1 N–H and O–H groups in total. The molecule has 2 atom stereocenters. The molecule has 0 bridgehead atoms. The molecule has 2 amide bonds. The lowest BCUT2D eigenvalue weighted by Gasteiger charge is -2.28. The zero-order chi connectivity index (χ0) is 25.5. The Morgan fingerprint density at radius 2 is 2.11 bits per heavy atom. The first-order valence-corrected chi connectivity index (χ1v) is 12.6. The van der Waals surface area contributed by atoms with Crippen molar-refractivity contribution >= 4 is 23.2 Å². The number of rotatable bonds is 11. The maximum Gasteiger partial charge on any atom is 0.247 e. The summed E-state index contributed by atoms with van der Waals surface area (Å²) in [6, 6.07) is 8.44. The van der Waals surface area contributed by atoms with Gasteiger partial charge in [0.25, 0.3) is 0 Å². The molecule has 1 fully saturated rings. The van der Waals surface area contributed by atoms with Crippen LogP contribution in [-0.4, -0.2) is 76.4 Å². The van der Waals surface area contributed by atoms with E-state index in [1.807, 2.05) is 17.5 Å². The Morgan fingerprint density at radius 1 is 1.28 bits per heavy atom. The van der Waals surface area contributed by atoms with Gasteiger partial charge < -0.3 is 24.4 Å². The highest BCUT2D eigenvalue weighted by atomic mass is 32.1. The number of ether oxygens (including phenoxy) is 3. The lowest BCUT2D eigenvalue weighted by Crippen LogP contribution is -2.49. The van der Waals surface area contributed by atoms with E-state index in [1.54, 1.807) is 39.3 Å². The molecule has 1 aliphatic rings. The third-order valence-electron chi connectivity index (χ3n) is 5.97. The van der Waals surface area contributed by atoms with Gasteiger partial charge in [0.1, 0.15) is 12.6 Å². The largest absolute Gasteiger partial charge is 0.493 e. The average molecular weight is 515 g/mol. The summed E-state index contributed by atoms with van der Waals surface area (Å²) in [5, 5.41) is 17.3. The Kier molecular flexibility index (Phi) is 8.49. The van der Waals surface area contributed by atoms with Crippen LogP contribution in [-0.2, 0) is 27.4 Å². The molecule has 12 heteroatoms. The van der Waals surface area contributed by atoms with E-state index in [0.717, 1.165) is 24.3 Å². The number of nitrogens with zero attached hydrogens (tertiary/aromatic N) is 5. The van der Waals surface area contributed by atoms with Crippen molar-refractivity contribution in [2.75, 3.05) is 27.4 Å². The van der Waals surface area contributed by atoms with Gasteiger partial charge in [0.2, 0.25) is 17.6 Å². The monoisotopic (exact) mass is 514 g/mol. The van der Waals surface area contributed by atoms with E-state index in [-0.39, 0.29) is 24.5 Å². The number of hydrogen-bond acceptors (Lipinski definition) is 9. The number of carbonyl (C=O) groups excluding carboxylic acids is 2. The minimum Gasteiger partial charge on any atom is -0.493 e. The molecule has 3 aromatic rings. The molecule has 0 saturated carbocycles. The highest BCUT2D eigenvalue weighted by Gasteiger charge is 2.28. The topological polar surface area (TPSA) is 121 Å². The molecule has 1 saturated heterocycles. The fraction of sp³-hybridized carbons (Fsp3) is 0.458. The second-order valence-corrected chi connectivity index (χ2v) is 9.40. The van der Waals surface area contributed by atoms with E-state index in [4.69, 9.17) is 14.2 Å². The van der Waals surface area contributed by atoms with Crippen LogP contribution >= 0.6 is 11.3 Å². The van der Waals surface area contributed by atoms with Gasteiger partial charge in [-0.1, -0.05) is 6.07 Å². The van der Waals surface area contributed by atoms with Crippen LogP contribution in [0.1, 0.15) is 24.6 Å². The number of nitrogens with one attached hydrogen (secondary N) is 1. The van der Waals surface area contributed by atoms with Crippen LogP contribution < -0.4 is 14.8 Å². The first-order chi connectivity index (χ1) is 17.5. The second kappa shape index (κ2) is 12.0. The van der Waals surface area contributed by atoms with Gasteiger partial charge in [0.15, 0.2) is 11.5 Å². The molecular weight excluding hydrogens is 484 g/mol. The highest BCUT2D eigenvalue weighted by Crippen LogP contribution is 2.30.